The first-order valence-corrected chi connectivity index (χ1v) is 5.44. The van der Waals surface area contributed by atoms with Crippen molar-refractivity contribution in [3.63, 3.8) is 0 Å². The fourth-order valence-electron chi connectivity index (χ4n) is 1.49. The standard InChI is InChI=1S/C6H11NO2S/c8-10(9)4-1-6(5-10)7-2-3-7/h6H,1-5H2/t6-/m1/s1. The molecular formula is C6H11NO2S. The summed E-state index contributed by atoms with van der Waals surface area (Å²) in [6, 6.07) is 0.366. The minimum absolute atomic E-state index is 0.366. The van der Waals surface area contributed by atoms with Crippen LogP contribution in [0, 0.1) is 0 Å². The molecule has 0 aliphatic carbocycles. The van der Waals surface area contributed by atoms with E-state index in [9.17, 15) is 8.42 Å². The summed E-state index contributed by atoms with van der Waals surface area (Å²) in [5, 5.41) is 0. The number of sulfone groups is 1. The van der Waals surface area contributed by atoms with Crippen molar-refractivity contribution in [2.45, 2.75) is 12.5 Å². The van der Waals surface area contributed by atoms with Crippen LogP contribution in [0.15, 0.2) is 0 Å². The highest BCUT2D eigenvalue weighted by atomic mass is 32.2. The number of hydrogen-bond donors (Lipinski definition) is 0. The maximum atomic E-state index is 10.9. The Labute approximate surface area is 60.9 Å². The van der Waals surface area contributed by atoms with Gasteiger partial charge in [0.15, 0.2) is 9.84 Å². The third-order valence-corrected chi connectivity index (χ3v) is 3.96. The van der Waals surface area contributed by atoms with E-state index in [-0.39, 0.29) is 0 Å². The molecule has 0 N–H and O–H groups in total. The van der Waals surface area contributed by atoms with Crippen molar-refractivity contribution in [2.24, 2.45) is 0 Å². The largest absolute Gasteiger partial charge is 0.297 e. The predicted octanol–water partition coefficient (Wildman–Crippen LogP) is -0.511. The molecule has 0 aromatic carbocycles. The van der Waals surface area contributed by atoms with Crippen molar-refractivity contribution in [1.82, 2.24) is 4.90 Å². The van der Waals surface area contributed by atoms with Crippen molar-refractivity contribution in [2.75, 3.05) is 24.6 Å². The molecule has 0 bridgehead atoms. The average molecular weight is 161 g/mol. The maximum absolute atomic E-state index is 10.9. The zero-order valence-electron chi connectivity index (χ0n) is 5.78. The van der Waals surface area contributed by atoms with Gasteiger partial charge in [-0.15, -0.1) is 0 Å². The van der Waals surface area contributed by atoms with Gasteiger partial charge < -0.3 is 0 Å². The van der Waals surface area contributed by atoms with Crippen LogP contribution in [0.2, 0.25) is 0 Å². The number of hydrogen-bond acceptors (Lipinski definition) is 3. The van der Waals surface area contributed by atoms with Gasteiger partial charge in [0.1, 0.15) is 0 Å². The summed E-state index contributed by atoms with van der Waals surface area (Å²) in [5.41, 5.74) is 0. The van der Waals surface area contributed by atoms with Gasteiger partial charge in [-0.05, 0) is 6.42 Å². The van der Waals surface area contributed by atoms with Gasteiger partial charge in [0.2, 0.25) is 0 Å². The lowest BCUT2D eigenvalue weighted by molar-refractivity contribution is 0.435. The SMILES string of the molecule is O=S1(=O)CC[C@@H](N2CC2)C1. The second-order valence-electron chi connectivity index (χ2n) is 3.09. The zero-order valence-corrected chi connectivity index (χ0v) is 6.60. The Balaban J connectivity index is 2.05. The van der Waals surface area contributed by atoms with Gasteiger partial charge in [-0.25, -0.2) is 8.42 Å². The molecule has 3 nitrogen and oxygen atoms in total. The Kier molecular flexibility index (Phi) is 1.29. The molecule has 2 saturated heterocycles. The first-order valence-electron chi connectivity index (χ1n) is 3.62. The van der Waals surface area contributed by atoms with E-state index in [4.69, 9.17) is 0 Å². The van der Waals surface area contributed by atoms with E-state index in [1.807, 2.05) is 0 Å². The van der Waals surface area contributed by atoms with Gasteiger partial charge in [-0.3, -0.25) is 4.90 Å². The molecule has 2 heterocycles. The monoisotopic (exact) mass is 161 g/mol. The van der Waals surface area contributed by atoms with Gasteiger partial charge in [-0.1, -0.05) is 0 Å². The first-order chi connectivity index (χ1) is 4.67. The molecule has 4 heteroatoms. The van der Waals surface area contributed by atoms with Crippen LogP contribution >= 0.6 is 0 Å². The number of rotatable bonds is 1. The van der Waals surface area contributed by atoms with E-state index >= 15 is 0 Å². The minimum atomic E-state index is -2.64. The van der Waals surface area contributed by atoms with Crippen molar-refractivity contribution in [3.05, 3.63) is 0 Å². The fraction of sp³-hybridized carbons (Fsp3) is 1.00. The second-order valence-corrected chi connectivity index (χ2v) is 5.32. The summed E-state index contributed by atoms with van der Waals surface area (Å²) in [5.74, 6) is 0.821. The van der Waals surface area contributed by atoms with Gasteiger partial charge in [0.25, 0.3) is 0 Å². The van der Waals surface area contributed by atoms with Gasteiger partial charge in [0, 0.05) is 19.1 Å². The van der Waals surface area contributed by atoms with Gasteiger partial charge in [-0.2, -0.15) is 0 Å². The highest BCUT2D eigenvalue weighted by Crippen LogP contribution is 2.22. The smallest absolute Gasteiger partial charge is 0.151 e. The predicted molar refractivity (Wildman–Crippen MR) is 38.6 cm³/mol. The molecule has 2 fully saturated rings. The van der Waals surface area contributed by atoms with Crippen LogP contribution in [0.3, 0.4) is 0 Å². The quantitative estimate of drug-likeness (QED) is 0.486. The molecule has 0 saturated carbocycles. The van der Waals surface area contributed by atoms with Gasteiger partial charge in [0.05, 0.1) is 11.5 Å². The number of nitrogens with zero attached hydrogens (tertiary/aromatic N) is 1. The highest BCUT2D eigenvalue weighted by molar-refractivity contribution is 7.91. The van der Waals surface area contributed by atoms with Crippen LogP contribution in [-0.2, 0) is 9.84 Å². The Hall–Kier alpha value is -0.0900. The van der Waals surface area contributed by atoms with Crippen LogP contribution in [-0.4, -0.2) is 44.0 Å². The lowest BCUT2D eigenvalue weighted by Crippen LogP contribution is -2.19. The lowest BCUT2D eigenvalue weighted by atomic mass is 10.3. The summed E-state index contributed by atoms with van der Waals surface area (Å²) in [6.45, 7) is 2.22. The van der Waals surface area contributed by atoms with E-state index in [2.05, 4.69) is 4.90 Å². The molecule has 0 amide bonds. The Morgan fingerprint density at radius 2 is 2.00 bits per heavy atom. The van der Waals surface area contributed by atoms with E-state index in [0.29, 0.717) is 17.5 Å². The average Bonchev–Trinajstić information content (AvgIpc) is 2.59. The summed E-state index contributed by atoms with van der Waals surface area (Å²) in [4.78, 5) is 2.23. The van der Waals surface area contributed by atoms with Crippen molar-refractivity contribution < 1.29 is 8.42 Å². The van der Waals surface area contributed by atoms with Crippen LogP contribution in [0.5, 0.6) is 0 Å². The topological polar surface area (TPSA) is 37.1 Å². The zero-order chi connectivity index (χ0) is 7.19. The Morgan fingerprint density at radius 1 is 1.30 bits per heavy atom. The van der Waals surface area contributed by atoms with Crippen LogP contribution in [0.4, 0.5) is 0 Å². The molecular weight excluding hydrogens is 150 g/mol. The first kappa shape index (κ1) is 6.61. The summed E-state index contributed by atoms with van der Waals surface area (Å²) in [7, 11) is -2.64. The van der Waals surface area contributed by atoms with Gasteiger partial charge >= 0.3 is 0 Å². The van der Waals surface area contributed by atoms with E-state index in [0.717, 1.165) is 19.5 Å². The normalized spacial score (nSPS) is 38.2. The third kappa shape index (κ3) is 1.18. The molecule has 10 heavy (non-hydrogen) atoms. The summed E-state index contributed by atoms with van der Waals surface area (Å²) < 4.78 is 21.9. The molecule has 2 rings (SSSR count). The summed E-state index contributed by atoms with van der Waals surface area (Å²) >= 11 is 0. The summed E-state index contributed by atoms with van der Waals surface area (Å²) in [6.07, 6.45) is 0.863. The van der Waals surface area contributed by atoms with Crippen molar-refractivity contribution in [3.8, 4) is 0 Å². The Bertz CT molecular complexity index is 230. The van der Waals surface area contributed by atoms with E-state index in [1.54, 1.807) is 0 Å². The highest BCUT2D eigenvalue weighted by Gasteiger charge is 2.36. The van der Waals surface area contributed by atoms with Crippen LogP contribution in [0.25, 0.3) is 0 Å². The molecule has 2 aliphatic rings. The third-order valence-electron chi connectivity index (χ3n) is 2.21. The minimum Gasteiger partial charge on any atom is -0.297 e. The van der Waals surface area contributed by atoms with Crippen LogP contribution in [0.1, 0.15) is 6.42 Å². The fourth-order valence-corrected chi connectivity index (χ4v) is 3.25. The Morgan fingerprint density at radius 3 is 2.40 bits per heavy atom. The lowest BCUT2D eigenvalue weighted by Gasteiger charge is -2.05. The molecule has 0 spiro atoms. The molecule has 0 aromatic rings. The molecule has 1 atom stereocenters. The molecule has 2 aliphatic heterocycles. The molecule has 0 aromatic heterocycles. The maximum Gasteiger partial charge on any atom is 0.151 e. The van der Waals surface area contributed by atoms with Crippen LogP contribution < -0.4 is 0 Å². The second kappa shape index (κ2) is 1.95. The van der Waals surface area contributed by atoms with Crippen molar-refractivity contribution >= 4 is 9.84 Å². The van der Waals surface area contributed by atoms with E-state index < -0.39 is 9.84 Å². The van der Waals surface area contributed by atoms with E-state index in [1.165, 1.54) is 0 Å². The molecule has 0 unspecified atom stereocenters. The molecule has 58 valence electrons. The van der Waals surface area contributed by atoms with Crippen molar-refractivity contribution in [1.29, 1.82) is 0 Å². The molecule has 0 radical (unpaired) electrons.